The summed E-state index contributed by atoms with van der Waals surface area (Å²) in [5, 5.41) is 10.5. The fourth-order valence-electron chi connectivity index (χ4n) is 6.82. The van der Waals surface area contributed by atoms with E-state index in [1.165, 1.54) is 16.7 Å². The molecule has 0 bridgehead atoms. The zero-order valence-corrected chi connectivity index (χ0v) is 32.7. The Bertz CT molecular complexity index is 1530. The largest absolute Gasteiger partial charge is 0.444 e. The SMILES string of the molecule is CCCC(NC(=O)[C@@H]1[C@@H]2[C@H](CN1C(=O)[C@@H](NC(=O)OC(C)(C)C)C(C)(C)C)C2(C)C)C(=O)C(=O)N[C@@H](C)C(=O)N[C@H](C(=O)N(C)C)c1ccccc1. The molecular formula is C38H58N6O8. The van der Waals surface area contributed by atoms with Crippen molar-refractivity contribution >= 4 is 41.4 Å². The van der Waals surface area contributed by atoms with E-state index in [1.54, 1.807) is 92.9 Å². The van der Waals surface area contributed by atoms with Crippen LogP contribution in [0, 0.1) is 22.7 Å². The minimum absolute atomic E-state index is 0.0245. The Hall–Kier alpha value is -4.49. The molecule has 0 spiro atoms. The molecule has 1 saturated heterocycles. The molecule has 1 saturated carbocycles. The smallest absolute Gasteiger partial charge is 0.408 e. The van der Waals surface area contributed by atoms with E-state index in [2.05, 4.69) is 21.3 Å². The summed E-state index contributed by atoms with van der Waals surface area (Å²) in [7, 11) is 3.12. The molecule has 1 aliphatic carbocycles. The second-order valence-corrected chi connectivity index (χ2v) is 16.8. The third kappa shape index (κ3) is 9.88. The minimum Gasteiger partial charge on any atom is -0.444 e. The molecule has 1 heterocycles. The zero-order chi connectivity index (χ0) is 39.5. The summed E-state index contributed by atoms with van der Waals surface area (Å²) >= 11 is 0. The number of fused-ring (bicyclic) bond motifs is 1. The fourth-order valence-corrected chi connectivity index (χ4v) is 6.82. The number of likely N-dealkylation sites (tertiary alicyclic amines) is 1. The third-order valence-electron chi connectivity index (χ3n) is 9.82. The van der Waals surface area contributed by atoms with Gasteiger partial charge in [-0.3, -0.25) is 28.8 Å². The van der Waals surface area contributed by atoms with Crippen LogP contribution in [-0.4, -0.2) is 102 Å². The molecule has 2 aliphatic rings. The maximum absolute atomic E-state index is 14.2. The molecule has 52 heavy (non-hydrogen) atoms. The molecule has 4 N–H and O–H groups in total. The summed E-state index contributed by atoms with van der Waals surface area (Å²) in [4.78, 5) is 96.7. The number of benzene rings is 1. The number of Topliss-reactive ketones (excluding diaryl/α,β-unsaturated/α-hetero) is 1. The molecule has 14 nitrogen and oxygen atoms in total. The Kier molecular flexibility index (Phi) is 12.9. The molecule has 0 aromatic heterocycles. The van der Waals surface area contributed by atoms with Crippen LogP contribution in [0.25, 0.3) is 0 Å². The third-order valence-corrected chi connectivity index (χ3v) is 9.82. The number of ketones is 1. The van der Waals surface area contributed by atoms with Crippen molar-refractivity contribution in [1.82, 2.24) is 31.1 Å². The lowest BCUT2D eigenvalue weighted by molar-refractivity contribution is -0.145. The number of piperidine rings is 1. The Labute approximate surface area is 307 Å². The standard InChI is InChI=1S/C38H58N6O8/c1-13-17-24(28(45)32(48)39-21(2)30(46)41-26(33(49)43(11)12)22-18-15-14-16-19-22)40-31(47)27-25-23(38(25,9)10)20-44(27)34(50)29(36(3,4)5)42-35(51)52-37(6,7)8/h14-16,18-19,21,23-27,29H,13,17,20H2,1-12H3,(H,39,48)(H,40,47)(H,41,46)(H,42,51)/t21-,23-,24?,25-,26-,27-,29+/m0/s1. The molecule has 14 heteroatoms. The van der Waals surface area contributed by atoms with Crippen LogP contribution in [-0.2, 0) is 33.5 Å². The predicted octanol–water partition coefficient (Wildman–Crippen LogP) is 2.71. The van der Waals surface area contributed by atoms with Gasteiger partial charge in [-0.1, -0.05) is 78.3 Å². The topological polar surface area (TPSA) is 183 Å². The molecule has 1 unspecified atom stereocenters. The van der Waals surface area contributed by atoms with E-state index < -0.39 is 76.7 Å². The summed E-state index contributed by atoms with van der Waals surface area (Å²) in [6, 6.07) is 3.24. The van der Waals surface area contributed by atoms with Gasteiger partial charge in [-0.25, -0.2) is 4.79 Å². The summed E-state index contributed by atoms with van der Waals surface area (Å²) < 4.78 is 5.43. The van der Waals surface area contributed by atoms with Gasteiger partial charge in [0.1, 0.15) is 29.8 Å². The van der Waals surface area contributed by atoms with Gasteiger partial charge in [-0.15, -0.1) is 0 Å². The van der Waals surface area contributed by atoms with E-state index in [0.717, 1.165) is 0 Å². The van der Waals surface area contributed by atoms with Crippen molar-refractivity contribution in [1.29, 1.82) is 0 Å². The first-order chi connectivity index (χ1) is 23.9. The van der Waals surface area contributed by atoms with Crippen LogP contribution in [0.4, 0.5) is 4.79 Å². The molecule has 3 rings (SSSR count). The highest BCUT2D eigenvalue weighted by Crippen LogP contribution is 2.65. The summed E-state index contributed by atoms with van der Waals surface area (Å²) in [6.45, 7) is 18.1. The predicted molar refractivity (Wildman–Crippen MR) is 194 cm³/mol. The number of hydrogen-bond acceptors (Lipinski definition) is 8. The van der Waals surface area contributed by atoms with Crippen LogP contribution in [0.2, 0.25) is 0 Å². The summed E-state index contributed by atoms with van der Waals surface area (Å²) in [5.41, 5.74) is -1.23. The van der Waals surface area contributed by atoms with E-state index in [4.69, 9.17) is 4.74 Å². The molecule has 1 aromatic rings. The van der Waals surface area contributed by atoms with Gasteiger partial charge in [0.05, 0.1) is 6.04 Å². The lowest BCUT2D eigenvalue weighted by Gasteiger charge is -2.38. The number of carbonyl (C=O) groups excluding carboxylic acids is 7. The van der Waals surface area contributed by atoms with Gasteiger partial charge in [0, 0.05) is 20.6 Å². The van der Waals surface area contributed by atoms with Gasteiger partial charge in [0.25, 0.3) is 5.91 Å². The number of hydrogen-bond donors (Lipinski definition) is 4. The molecule has 288 valence electrons. The number of nitrogens with zero attached hydrogens (tertiary/aromatic N) is 2. The molecule has 1 aliphatic heterocycles. The van der Waals surface area contributed by atoms with E-state index in [-0.39, 0.29) is 36.1 Å². The van der Waals surface area contributed by atoms with Gasteiger partial charge in [0.15, 0.2) is 0 Å². The van der Waals surface area contributed by atoms with Gasteiger partial charge in [0.2, 0.25) is 29.4 Å². The Balaban J connectivity index is 1.77. The fraction of sp³-hybridized carbons (Fsp3) is 0.658. The maximum atomic E-state index is 14.2. The highest BCUT2D eigenvalue weighted by molar-refractivity contribution is 6.38. The Morgan fingerprint density at radius 3 is 2.04 bits per heavy atom. The van der Waals surface area contributed by atoms with Crippen LogP contribution in [0.1, 0.15) is 93.7 Å². The second-order valence-electron chi connectivity index (χ2n) is 16.8. The Morgan fingerprint density at radius 1 is 0.923 bits per heavy atom. The van der Waals surface area contributed by atoms with Crippen molar-refractivity contribution in [3.05, 3.63) is 35.9 Å². The van der Waals surface area contributed by atoms with Crippen LogP contribution in [0.3, 0.4) is 0 Å². The number of amides is 6. The van der Waals surface area contributed by atoms with Crippen LogP contribution >= 0.6 is 0 Å². The maximum Gasteiger partial charge on any atom is 0.408 e. The first kappa shape index (κ1) is 41.9. The molecule has 6 amide bonds. The van der Waals surface area contributed by atoms with Gasteiger partial charge in [-0.05, 0) is 62.3 Å². The van der Waals surface area contributed by atoms with Crippen molar-refractivity contribution in [2.75, 3.05) is 20.6 Å². The van der Waals surface area contributed by atoms with E-state index in [1.807, 2.05) is 13.8 Å². The highest BCUT2D eigenvalue weighted by atomic mass is 16.6. The minimum atomic E-state index is -1.23. The first-order valence-corrected chi connectivity index (χ1v) is 17.9. The van der Waals surface area contributed by atoms with Gasteiger partial charge < -0.3 is 35.8 Å². The number of alkyl carbamates (subject to hydrolysis) is 1. The number of nitrogens with one attached hydrogen (secondary N) is 4. The molecular weight excluding hydrogens is 668 g/mol. The molecule has 0 radical (unpaired) electrons. The average Bonchev–Trinajstić information content (AvgIpc) is 3.34. The number of likely N-dealkylation sites (N-methyl/N-ethyl adjacent to an activating group) is 1. The van der Waals surface area contributed by atoms with Crippen molar-refractivity contribution < 1.29 is 38.3 Å². The highest BCUT2D eigenvalue weighted by Gasteiger charge is 2.70. The van der Waals surface area contributed by atoms with Gasteiger partial charge in [-0.2, -0.15) is 0 Å². The number of ether oxygens (including phenoxy) is 1. The lowest BCUT2D eigenvalue weighted by Crippen LogP contribution is -2.61. The van der Waals surface area contributed by atoms with Crippen molar-refractivity contribution in [3.63, 3.8) is 0 Å². The lowest BCUT2D eigenvalue weighted by atomic mass is 9.85. The van der Waals surface area contributed by atoms with Crippen molar-refractivity contribution in [3.8, 4) is 0 Å². The van der Waals surface area contributed by atoms with E-state index in [9.17, 15) is 33.6 Å². The van der Waals surface area contributed by atoms with E-state index in [0.29, 0.717) is 12.0 Å². The molecule has 1 aromatic carbocycles. The van der Waals surface area contributed by atoms with Crippen molar-refractivity contribution in [2.24, 2.45) is 22.7 Å². The average molecular weight is 727 g/mol. The van der Waals surface area contributed by atoms with Gasteiger partial charge >= 0.3 is 6.09 Å². The number of carbonyl (C=O) groups is 7. The van der Waals surface area contributed by atoms with E-state index >= 15 is 0 Å². The zero-order valence-electron chi connectivity index (χ0n) is 32.7. The van der Waals surface area contributed by atoms with Crippen LogP contribution < -0.4 is 21.3 Å². The quantitative estimate of drug-likeness (QED) is 0.224. The summed E-state index contributed by atoms with van der Waals surface area (Å²) in [6.07, 6.45) is -0.175. The molecule has 2 fully saturated rings. The van der Waals surface area contributed by atoms with Crippen LogP contribution in [0.5, 0.6) is 0 Å². The Morgan fingerprint density at radius 2 is 1.52 bits per heavy atom. The number of rotatable bonds is 13. The second kappa shape index (κ2) is 16.0. The first-order valence-electron chi connectivity index (χ1n) is 17.9. The molecule has 7 atom stereocenters. The summed E-state index contributed by atoms with van der Waals surface area (Å²) in [5.74, 6) is -4.27. The monoisotopic (exact) mass is 726 g/mol. The normalized spacial score (nSPS) is 21.3. The van der Waals surface area contributed by atoms with Crippen molar-refractivity contribution in [2.45, 2.75) is 118 Å². The van der Waals surface area contributed by atoms with Crippen LogP contribution in [0.15, 0.2) is 30.3 Å².